The number of phenolic OH excluding ortho intramolecular Hbond substituents is 1. The lowest BCUT2D eigenvalue weighted by Gasteiger charge is -2.08. The first-order valence-electron chi connectivity index (χ1n) is 3.56. The predicted octanol–water partition coefficient (Wildman–Crippen LogP) is 1.27. The highest BCUT2D eigenvalue weighted by Crippen LogP contribution is 2.32. The number of anilines is 1. The number of aromatic hydroxyl groups is 1. The normalized spacial score (nSPS) is 12.7. The van der Waals surface area contributed by atoms with Gasteiger partial charge in [-0.1, -0.05) is 0 Å². The quantitative estimate of drug-likeness (QED) is 0.573. The molecule has 0 radical (unpaired) electrons. The van der Waals surface area contributed by atoms with Crippen LogP contribution in [0.2, 0.25) is 0 Å². The van der Waals surface area contributed by atoms with Gasteiger partial charge in [0.15, 0.2) is 0 Å². The number of hydrogen-bond donors (Lipinski definition) is 2. The Morgan fingerprint density at radius 1 is 1.27 bits per heavy atom. The van der Waals surface area contributed by atoms with Crippen molar-refractivity contribution in [2.24, 2.45) is 0 Å². The van der Waals surface area contributed by atoms with Gasteiger partial charge in [0.05, 0.1) is 10.6 Å². The predicted molar refractivity (Wildman–Crippen MR) is 45.8 cm³/mol. The van der Waals surface area contributed by atoms with Crippen molar-refractivity contribution in [1.82, 2.24) is 0 Å². The molecule has 1 aromatic carbocycles. The molecule has 0 fully saturated rings. The number of sulfone groups is 1. The van der Waals surface area contributed by atoms with Gasteiger partial charge in [-0.05, 0) is 18.2 Å². The second-order valence-electron chi connectivity index (χ2n) is 2.67. The van der Waals surface area contributed by atoms with Crippen molar-refractivity contribution in [3.8, 4) is 5.75 Å². The van der Waals surface area contributed by atoms with Crippen molar-refractivity contribution in [3.63, 3.8) is 0 Å². The molecule has 8 heteroatoms. The van der Waals surface area contributed by atoms with E-state index >= 15 is 0 Å². The van der Waals surface area contributed by atoms with Gasteiger partial charge in [0.25, 0.3) is 9.84 Å². The Labute approximate surface area is 83.1 Å². The van der Waals surface area contributed by atoms with E-state index < -0.39 is 31.7 Å². The zero-order valence-electron chi connectivity index (χ0n) is 7.12. The standard InChI is InChI=1S/C7H6F3NO3S/c8-7(9,10)15(13,14)4-1-2-6(12)5(11)3-4/h1-3,12H,11H2. The van der Waals surface area contributed by atoms with E-state index in [4.69, 9.17) is 10.8 Å². The summed E-state index contributed by atoms with van der Waals surface area (Å²) < 4.78 is 57.9. The lowest BCUT2D eigenvalue weighted by Crippen LogP contribution is -2.23. The number of halogens is 3. The van der Waals surface area contributed by atoms with Crippen molar-refractivity contribution in [3.05, 3.63) is 18.2 Å². The van der Waals surface area contributed by atoms with Gasteiger partial charge in [0.1, 0.15) is 5.75 Å². The molecule has 0 atom stereocenters. The maximum Gasteiger partial charge on any atom is 0.501 e. The van der Waals surface area contributed by atoms with Gasteiger partial charge in [0.2, 0.25) is 0 Å². The fourth-order valence-corrected chi connectivity index (χ4v) is 1.63. The SMILES string of the molecule is Nc1cc(S(=O)(=O)C(F)(F)F)ccc1O. The molecule has 0 aliphatic heterocycles. The van der Waals surface area contributed by atoms with Gasteiger partial charge in [-0.25, -0.2) is 8.42 Å². The van der Waals surface area contributed by atoms with Crippen LogP contribution >= 0.6 is 0 Å². The first-order valence-corrected chi connectivity index (χ1v) is 5.04. The van der Waals surface area contributed by atoms with Gasteiger partial charge < -0.3 is 10.8 Å². The smallest absolute Gasteiger partial charge is 0.501 e. The second-order valence-corrected chi connectivity index (χ2v) is 4.61. The molecule has 0 aliphatic carbocycles. The first kappa shape index (κ1) is 11.6. The molecule has 4 nitrogen and oxygen atoms in total. The highest BCUT2D eigenvalue weighted by atomic mass is 32.2. The molecule has 0 saturated heterocycles. The molecule has 0 aliphatic rings. The van der Waals surface area contributed by atoms with Crippen LogP contribution in [0.15, 0.2) is 23.1 Å². The Bertz CT molecular complexity index is 481. The number of nitrogen functional groups attached to an aromatic ring is 1. The monoisotopic (exact) mass is 241 g/mol. The third-order valence-corrected chi connectivity index (χ3v) is 3.10. The van der Waals surface area contributed by atoms with Crippen molar-refractivity contribution in [2.45, 2.75) is 10.4 Å². The van der Waals surface area contributed by atoms with Gasteiger partial charge in [-0.2, -0.15) is 13.2 Å². The maximum atomic E-state index is 12.1. The molecule has 15 heavy (non-hydrogen) atoms. The number of phenols is 1. The summed E-state index contributed by atoms with van der Waals surface area (Å²) in [7, 11) is -5.41. The van der Waals surface area contributed by atoms with Crippen LogP contribution in [0.25, 0.3) is 0 Å². The van der Waals surface area contributed by atoms with Crippen molar-refractivity contribution in [2.75, 3.05) is 5.73 Å². The van der Waals surface area contributed by atoms with Crippen molar-refractivity contribution >= 4 is 15.5 Å². The summed E-state index contributed by atoms with van der Waals surface area (Å²) in [5, 5.41) is 8.91. The summed E-state index contributed by atoms with van der Waals surface area (Å²) in [5.74, 6) is -0.476. The zero-order valence-corrected chi connectivity index (χ0v) is 7.93. The minimum Gasteiger partial charge on any atom is -0.506 e. The van der Waals surface area contributed by atoms with Gasteiger partial charge in [0, 0.05) is 0 Å². The molecule has 0 aromatic heterocycles. The topological polar surface area (TPSA) is 80.4 Å². The Morgan fingerprint density at radius 2 is 1.80 bits per heavy atom. The third-order valence-electron chi connectivity index (χ3n) is 1.61. The number of nitrogens with two attached hydrogens (primary N) is 1. The highest BCUT2D eigenvalue weighted by Gasteiger charge is 2.46. The highest BCUT2D eigenvalue weighted by molar-refractivity contribution is 7.92. The molecule has 0 heterocycles. The molecule has 84 valence electrons. The molecule has 0 unspecified atom stereocenters. The third kappa shape index (κ3) is 1.99. The van der Waals surface area contributed by atoms with E-state index in [0.717, 1.165) is 6.07 Å². The summed E-state index contributed by atoms with van der Waals surface area (Å²) in [6, 6.07) is 1.97. The number of hydrogen-bond acceptors (Lipinski definition) is 4. The summed E-state index contributed by atoms with van der Waals surface area (Å²) in [5.41, 5.74) is -0.730. The minimum atomic E-state index is -5.41. The molecule has 0 spiro atoms. The van der Waals surface area contributed by atoms with Crippen LogP contribution < -0.4 is 5.73 Å². The van der Waals surface area contributed by atoms with Crippen LogP contribution in [-0.4, -0.2) is 19.0 Å². The van der Waals surface area contributed by atoms with E-state index in [0.29, 0.717) is 12.1 Å². The average Bonchev–Trinajstić information content (AvgIpc) is 2.07. The Morgan fingerprint density at radius 3 is 2.20 bits per heavy atom. The van der Waals surface area contributed by atoms with E-state index in [1.54, 1.807) is 0 Å². The van der Waals surface area contributed by atoms with Gasteiger partial charge in [-0.3, -0.25) is 0 Å². The van der Waals surface area contributed by atoms with E-state index in [-0.39, 0.29) is 0 Å². The molecular formula is C7H6F3NO3S. The minimum absolute atomic E-state index is 0.430. The lowest BCUT2D eigenvalue weighted by molar-refractivity contribution is -0.0436. The number of rotatable bonds is 1. The molecule has 0 bridgehead atoms. The van der Waals surface area contributed by atoms with E-state index in [2.05, 4.69) is 0 Å². The Hall–Kier alpha value is -1.44. The summed E-state index contributed by atoms with van der Waals surface area (Å²) >= 11 is 0. The van der Waals surface area contributed by atoms with E-state index in [1.807, 2.05) is 0 Å². The lowest BCUT2D eigenvalue weighted by atomic mass is 10.3. The van der Waals surface area contributed by atoms with Crippen LogP contribution in [0, 0.1) is 0 Å². The van der Waals surface area contributed by atoms with Crippen LogP contribution in [-0.2, 0) is 9.84 Å². The van der Waals surface area contributed by atoms with Crippen LogP contribution in [0.3, 0.4) is 0 Å². The van der Waals surface area contributed by atoms with Gasteiger partial charge in [-0.15, -0.1) is 0 Å². The van der Waals surface area contributed by atoms with Gasteiger partial charge >= 0.3 is 5.51 Å². The average molecular weight is 241 g/mol. The fourth-order valence-electron chi connectivity index (χ4n) is 0.833. The number of benzene rings is 1. The largest absolute Gasteiger partial charge is 0.506 e. The van der Waals surface area contributed by atoms with Crippen molar-refractivity contribution in [1.29, 1.82) is 0 Å². The Balaban J connectivity index is 3.36. The first-order chi connectivity index (χ1) is 6.66. The number of alkyl halides is 3. The molecule has 3 N–H and O–H groups in total. The fraction of sp³-hybridized carbons (Fsp3) is 0.143. The summed E-state index contributed by atoms with van der Waals surface area (Å²) in [6.07, 6.45) is 0. The summed E-state index contributed by atoms with van der Waals surface area (Å²) in [6.45, 7) is 0. The van der Waals surface area contributed by atoms with Crippen LogP contribution in [0.1, 0.15) is 0 Å². The molecule has 0 saturated carbocycles. The van der Waals surface area contributed by atoms with Crippen LogP contribution in [0.4, 0.5) is 18.9 Å². The molecule has 1 rings (SSSR count). The molecular weight excluding hydrogens is 235 g/mol. The maximum absolute atomic E-state index is 12.1. The van der Waals surface area contributed by atoms with Crippen molar-refractivity contribution < 1.29 is 26.7 Å². The zero-order chi connectivity index (χ0) is 11.9. The molecule has 1 aromatic rings. The Kier molecular flexibility index (Phi) is 2.56. The van der Waals surface area contributed by atoms with E-state index in [1.165, 1.54) is 0 Å². The van der Waals surface area contributed by atoms with Crippen LogP contribution in [0.5, 0.6) is 5.75 Å². The second kappa shape index (κ2) is 3.30. The van der Waals surface area contributed by atoms with E-state index in [9.17, 15) is 21.6 Å². The summed E-state index contributed by atoms with van der Waals surface area (Å²) in [4.78, 5) is -0.995. The molecule has 0 amide bonds.